The van der Waals surface area contributed by atoms with Gasteiger partial charge in [-0.3, -0.25) is 4.90 Å². The molecule has 0 amide bonds. The van der Waals surface area contributed by atoms with Crippen molar-refractivity contribution in [2.24, 2.45) is 0 Å². The van der Waals surface area contributed by atoms with Crippen molar-refractivity contribution in [2.45, 2.75) is 38.4 Å². The van der Waals surface area contributed by atoms with Gasteiger partial charge in [-0.05, 0) is 67.0 Å². The Labute approximate surface area is 130 Å². The van der Waals surface area contributed by atoms with Gasteiger partial charge in [-0.15, -0.1) is 0 Å². The average molecular weight is 338 g/mol. The molecule has 2 saturated heterocycles. The molecule has 2 aliphatic rings. The molecule has 2 atom stereocenters. The Morgan fingerprint density at radius 1 is 1.35 bits per heavy atom. The van der Waals surface area contributed by atoms with Crippen LogP contribution in [0.3, 0.4) is 0 Å². The van der Waals surface area contributed by atoms with Gasteiger partial charge in [-0.1, -0.05) is 6.07 Å². The van der Waals surface area contributed by atoms with Crippen LogP contribution in [0, 0.1) is 0 Å². The molecule has 110 valence electrons. The van der Waals surface area contributed by atoms with Gasteiger partial charge in [0.15, 0.2) is 0 Å². The van der Waals surface area contributed by atoms with Crippen molar-refractivity contribution in [3.05, 3.63) is 28.2 Å². The first-order chi connectivity index (χ1) is 9.69. The summed E-state index contributed by atoms with van der Waals surface area (Å²) in [6.07, 6.45) is 2.73. The summed E-state index contributed by atoms with van der Waals surface area (Å²) in [7, 11) is 1.99. The molecule has 0 radical (unpaired) electrons. The second kappa shape index (κ2) is 6.04. The highest BCUT2D eigenvalue weighted by molar-refractivity contribution is 9.10. The third kappa shape index (κ3) is 2.74. The molecular weight excluding hydrogens is 314 g/mol. The van der Waals surface area contributed by atoms with E-state index in [-0.39, 0.29) is 0 Å². The Bertz CT molecular complexity index is 477. The van der Waals surface area contributed by atoms with Crippen LogP contribution in [0.2, 0.25) is 0 Å². The van der Waals surface area contributed by atoms with Gasteiger partial charge in [0.25, 0.3) is 0 Å². The Morgan fingerprint density at radius 3 is 2.95 bits per heavy atom. The molecule has 2 heterocycles. The lowest BCUT2D eigenvalue weighted by Gasteiger charge is -2.44. The van der Waals surface area contributed by atoms with Crippen molar-refractivity contribution in [2.75, 3.05) is 31.6 Å². The number of nitrogens with one attached hydrogen (secondary N) is 1. The molecule has 20 heavy (non-hydrogen) atoms. The molecule has 1 N–H and O–H groups in total. The van der Waals surface area contributed by atoms with Crippen LogP contribution in [0.25, 0.3) is 0 Å². The van der Waals surface area contributed by atoms with E-state index < -0.39 is 0 Å². The van der Waals surface area contributed by atoms with Crippen LogP contribution in [0.1, 0.15) is 25.3 Å². The van der Waals surface area contributed by atoms with Gasteiger partial charge >= 0.3 is 0 Å². The Hall–Kier alpha value is -0.580. The van der Waals surface area contributed by atoms with Crippen LogP contribution in [-0.4, -0.2) is 43.7 Å². The highest BCUT2D eigenvalue weighted by Gasteiger charge is 2.34. The Morgan fingerprint density at radius 2 is 2.20 bits per heavy atom. The van der Waals surface area contributed by atoms with Crippen LogP contribution in [0.4, 0.5) is 5.69 Å². The number of piperazine rings is 1. The molecular formula is C16H24BrN3. The fourth-order valence-corrected chi connectivity index (χ4v) is 4.27. The minimum Gasteiger partial charge on any atom is -0.365 e. The van der Waals surface area contributed by atoms with Gasteiger partial charge in [-0.2, -0.15) is 0 Å². The third-order valence-electron chi connectivity index (χ3n) is 4.64. The molecule has 2 unspecified atom stereocenters. The summed E-state index contributed by atoms with van der Waals surface area (Å²) in [5.41, 5.74) is 2.68. The van der Waals surface area contributed by atoms with Crippen LogP contribution in [0.15, 0.2) is 22.7 Å². The first-order valence-electron chi connectivity index (χ1n) is 7.62. The number of fused-ring (bicyclic) bond motifs is 1. The number of benzene rings is 1. The fourth-order valence-electron chi connectivity index (χ4n) is 3.62. The van der Waals surface area contributed by atoms with Crippen molar-refractivity contribution in [3.8, 4) is 0 Å². The van der Waals surface area contributed by atoms with Crippen molar-refractivity contribution >= 4 is 21.6 Å². The highest BCUT2D eigenvalue weighted by atomic mass is 79.9. The zero-order chi connectivity index (χ0) is 14.1. The summed E-state index contributed by atoms with van der Waals surface area (Å²) in [6.45, 7) is 6.94. The van der Waals surface area contributed by atoms with Gasteiger partial charge in [-0.25, -0.2) is 0 Å². The summed E-state index contributed by atoms with van der Waals surface area (Å²) in [6, 6.07) is 8.12. The predicted octanol–water partition coefficient (Wildman–Crippen LogP) is 2.84. The standard InChI is InChI=1S/C16H24BrN3/c1-12-10-19-7-3-4-14(19)11-20(12)16-6-5-13(9-18-2)8-15(16)17/h5-6,8,12,14,18H,3-4,7,9-11H2,1-2H3. The normalized spacial score (nSPS) is 26.9. The molecule has 0 aromatic heterocycles. The molecule has 1 aromatic carbocycles. The zero-order valence-corrected chi connectivity index (χ0v) is 14.0. The molecule has 4 heteroatoms. The summed E-state index contributed by atoms with van der Waals surface area (Å²) in [4.78, 5) is 5.25. The lowest BCUT2D eigenvalue weighted by Crippen LogP contribution is -2.55. The van der Waals surface area contributed by atoms with E-state index in [4.69, 9.17) is 0 Å². The summed E-state index contributed by atoms with van der Waals surface area (Å²) in [5.74, 6) is 0. The number of hydrogen-bond donors (Lipinski definition) is 1. The van der Waals surface area contributed by atoms with Gasteiger partial charge < -0.3 is 10.2 Å². The maximum Gasteiger partial charge on any atom is 0.0514 e. The molecule has 3 rings (SSSR count). The number of hydrogen-bond acceptors (Lipinski definition) is 3. The summed E-state index contributed by atoms with van der Waals surface area (Å²) >= 11 is 3.77. The Balaban J connectivity index is 1.81. The average Bonchev–Trinajstić information content (AvgIpc) is 2.86. The van der Waals surface area contributed by atoms with E-state index >= 15 is 0 Å². The van der Waals surface area contributed by atoms with Crippen LogP contribution >= 0.6 is 15.9 Å². The molecule has 2 fully saturated rings. The summed E-state index contributed by atoms with van der Waals surface area (Å²) < 4.78 is 1.23. The van der Waals surface area contributed by atoms with Gasteiger partial charge in [0.05, 0.1) is 5.69 Å². The number of rotatable bonds is 3. The molecule has 0 saturated carbocycles. The lowest BCUT2D eigenvalue weighted by atomic mass is 10.1. The summed E-state index contributed by atoms with van der Waals surface area (Å²) in [5, 5.41) is 3.21. The molecule has 0 spiro atoms. The maximum absolute atomic E-state index is 3.77. The molecule has 2 aliphatic heterocycles. The predicted molar refractivity (Wildman–Crippen MR) is 88.3 cm³/mol. The van der Waals surface area contributed by atoms with Gasteiger partial charge in [0, 0.05) is 36.2 Å². The van der Waals surface area contributed by atoms with Crippen LogP contribution < -0.4 is 10.2 Å². The van der Waals surface area contributed by atoms with E-state index in [1.54, 1.807) is 0 Å². The van der Waals surface area contributed by atoms with E-state index in [0.29, 0.717) is 6.04 Å². The van der Waals surface area contributed by atoms with Crippen molar-refractivity contribution in [3.63, 3.8) is 0 Å². The lowest BCUT2D eigenvalue weighted by molar-refractivity contribution is 0.203. The van der Waals surface area contributed by atoms with E-state index in [9.17, 15) is 0 Å². The van der Waals surface area contributed by atoms with E-state index in [1.807, 2.05) is 7.05 Å². The van der Waals surface area contributed by atoms with Crippen LogP contribution in [0.5, 0.6) is 0 Å². The monoisotopic (exact) mass is 337 g/mol. The van der Waals surface area contributed by atoms with Crippen LogP contribution in [-0.2, 0) is 6.54 Å². The third-order valence-corrected chi connectivity index (χ3v) is 5.27. The molecule has 0 aliphatic carbocycles. The van der Waals surface area contributed by atoms with Crippen molar-refractivity contribution in [1.82, 2.24) is 10.2 Å². The second-order valence-corrected chi connectivity index (χ2v) is 6.96. The SMILES string of the molecule is CNCc1ccc(N2CC3CCCN3CC2C)c(Br)c1. The van der Waals surface area contributed by atoms with E-state index in [2.05, 4.69) is 56.2 Å². The second-order valence-electron chi connectivity index (χ2n) is 6.11. The first-order valence-corrected chi connectivity index (χ1v) is 8.42. The topological polar surface area (TPSA) is 18.5 Å². The van der Waals surface area contributed by atoms with E-state index in [1.165, 1.54) is 48.2 Å². The minimum absolute atomic E-state index is 0.593. The molecule has 0 bridgehead atoms. The van der Waals surface area contributed by atoms with Crippen molar-refractivity contribution < 1.29 is 0 Å². The largest absolute Gasteiger partial charge is 0.365 e. The number of nitrogens with zero attached hydrogens (tertiary/aromatic N) is 2. The van der Waals surface area contributed by atoms with E-state index in [0.717, 1.165) is 12.6 Å². The number of halogens is 1. The molecule has 3 nitrogen and oxygen atoms in total. The van der Waals surface area contributed by atoms with Gasteiger partial charge in [0.2, 0.25) is 0 Å². The smallest absolute Gasteiger partial charge is 0.0514 e. The first kappa shape index (κ1) is 14.4. The number of anilines is 1. The van der Waals surface area contributed by atoms with Crippen molar-refractivity contribution in [1.29, 1.82) is 0 Å². The maximum atomic E-state index is 3.77. The zero-order valence-electron chi connectivity index (χ0n) is 12.4. The fraction of sp³-hybridized carbons (Fsp3) is 0.625. The van der Waals surface area contributed by atoms with Gasteiger partial charge in [0.1, 0.15) is 0 Å². The highest BCUT2D eigenvalue weighted by Crippen LogP contribution is 2.33. The molecule has 1 aromatic rings. The quantitative estimate of drug-likeness (QED) is 0.914. The Kier molecular flexibility index (Phi) is 4.34. The minimum atomic E-state index is 0.593.